The number of carbonyl (C=O) groups is 1. The third kappa shape index (κ3) is 8.35. The topological polar surface area (TPSA) is 78.8 Å². The number of rotatable bonds is 7. The Hall–Kier alpha value is -0.650. The van der Waals surface area contributed by atoms with Gasteiger partial charge in [0, 0.05) is 6.61 Å². The van der Waals surface area contributed by atoms with Crippen LogP contribution >= 0.6 is 0 Å². The predicted octanol–water partition coefficient (Wildman–Crippen LogP) is 0.922. The van der Waals surface area contributed by atoms with E-state index in [1.165, 1.54) is 0 Å². The molecular formula is C10H21NO4. The molecule has 0 aliphatic carbocycles. The average Bonchev–Trinajstić information content (AvgIpc) is 2.08. The first kappa shape index (κ1) is 14.3. The first-order valence-electron chi connectivity index (χ1n) is 5.14. The molecule has 0 aliphatic rings. The van der Waals surface area contributed by atoms with E-state index in [9.17, 15) is 4.79 Å². The molecule has 0 saturated carbocycles. The van der Waals surface area contributed by atoms with E-state index in [0.29, 0.717) is 19.3 Å². The molecule has 0 spiro atoms. The van der Waals surface area contributed by atoms with Gasteiger partial charge in [-0.05, 0) is 40.0 Å². The molecule has 0 unspecified atom stereocenters. The average molecular weight is 219 g/mol. The minimum atomic E-state index is -0.933. The number of carboxylic acids is 1. The zero-order valence-electron chi connectivity index (χ0n) is 9.62. The van der Waals surface area contributed by atoms with Crippen LogP contribution in [0.4, 0.5) is 0 Å². The van der Waals surface area contributed by atoms with E-state index in [2.05, 4.69) is 5.48 Å². The number of hydroxylamine groups is 1. The molecule has 5 heteroatoms. The summed E-state index contributed by atoms with van der Waals surface area (Å²) < 4.78 is 0. The number of carboxylic acid groups (broad SMARTS) is 1. The molecule has 0 aliphatic heterocycles. The van der Waals surface area contributed by atoms with E-state index in [0.717, 1.165) is 0 Å². The number of aliphatic hydroxyl groups excluding tert-OH is 1. The molecule has 0 amide bonds. The van der Waals surface area contributed by atoms with Crippen LogP contribution in [0.2, 0.25) is 0 Å². The lowest BCUT2D eigenvalue weighted by Gasteiger charge is -2.22. The molecule has 0 aromatic rings. The number of aliphatic hydroxyl groups is 1. The van der Waals surface area contributed by atoms with Crippen LogP contribution in [-0.2, 0) is 9.63 Å². The van der Waals surface area contributed by atoms with Gasteiger partial charge in [0.15, 0.2) is 0 Å². The van der Waals surface area contributed by atoms with Crippen LogP contribution in [0.5, 0.6) is 0 Å². The summed E-state index contributed by atoms with van der Waals surface area (Å²) in [6.45, 7) is 5.61. The van der Waals surface area contributed by atoms with Crippen molar-refractivity contribution in [2.45, 2.75) is 51.7 Å². The van der Waals surface area contributed by atoms with Gasteiger partial charge in [-0.1, -0.05) is 0 Å². The Morgan fingerprint density at radius 2 is 2.00 bits per heavy atom. The summed E-state index contributed by atoms with van der Waals surface area (Å²) in [7, 11) is 0. The maximum absolute atomic E-state index is 10.8. The fraction of sp³-hybridized carbons (Fsp3) is 0.900. The van der Waals surface area contributed by atoms with Crippen LogP contribution < -0.4 is 5.48 Å². The summed E-state index contributed by atoms with van der Waals surface area (Å²) in [5, 5.41) is 17.4. The molecule has 0 aromatic carbocycles. The second-order valence-corrected chi connectivity index (χ2v) is 4.44. The SMILES string of the molecule is CC(C)(C)ON[C@@H](CCCCO)C(=O)O. The molecule has 0 saturated heterocycles. The van der Waals surface area contributed by atoms with Gasteiger partial charge in [-0.3, -0.25) is 9.63 Å². The Morgan fingerprint density at radius 3 is 2.40 bits per heavy atom. The second-order valence-electron chi connectivity index (χ2n) is 4.44. The zero-order chi connectivity index (χ0) is 11.9. The van der Waals surface area contributed by atoms with Crippen molar-refractivity contribution < 1.29 is 19.8 Å². The van der Waals surface area contributed by atoms with Crippen molar-refractivity contribution in [2.75, 3.05) is 6.61 Å². The van der Waals surface area contributed by atoms with Crippen LogP contribution in [0.3, 0.4) is 0 Å². The molecule has 3 N–H and O–H groups in total. The molecule has 0 bridgehead atoms. The molecule has 5 nitrogen and oxygen atoms in total. The highest BCUT2D eigenvalue weighted by molar-refractivity contribution is 5.73. The molecule has 0 radical (unpaired) electrons. The number of unbranched alkanes of at least 4 members (excludes halogenated alkanes) is 1. The third-order valence-electron chi connectivity index (χ3n) is 1.71. The number of hydrogen-bond donors (Lipinski definition) is 3. The van der Waals surface area contributed by atoms with Gasteiger partial charge in [0.05, 0.1) is 5.60 Å². The summed E-state index contributed by atoms with van der Waals surface area (Å²) in [5.74, 6) is -0.933. The van der Waals surface area contributed by atoms with Gasteiger partial charge in [-0.15, -0.1) is 0 Å². The quantitative estimate of drug-likeness (QED) is 0.438. The first-order valence-corrected chi connectivity index (χ1v) is 5.14. The lowest BCUT2D eigenvalue weighted by Crippen LogP contribution is -2.41. The van der Waals surface area contributed by atoms with Crippen molar-refractivity contribution in [2.24, 2.45) is 0 Å². The predicted molar refractivity (Wildman–Crippen MR) is 56.3 cm³/mol. The van der Waals surface area contributed by atoms with Crippen LogP contribution in [0.15, 0.2) is 0 Å². The Morgan fingerprint density at radius 1 is 1.40 bits per heavy atom. The minimum Gasteiger partial charge on any atom is -0.480 e. The van der Waals surface area contributed by atoms with Gasteiger partial charge in [0.2, 0.25) is 0 Å². The van der Waals surface area contributed by atoms with E-state index in [1.807, 2.05) is 20.8 Å². The summed E-state index contributed by atoms with van der Waals surface area (Å²) >= 11 is 0. The molecular weight excluding hydrogens is 198 g/mol. The van der Waals surface area contributed by atoms with Gasteiger partial charge >= 0.3 is 5.97 Å². The highest BCUT2D eigenvalue weighted by Gasteiger charge is 2.20. The molecule has 0 fully saturated rings. The molecule has 0 aromatic heterocycles. The normalized spacial score (nSPS) is 13.9. The summed E-state index contributed by atoms with van der Waals surface area (Å²) in [5.41, 5.74) is 2.12. The van der Waals surface area contributed by atoms with Gasteiger partial charge in [-0.2, -0.15) is 5.48 Å². The maximum Gasteiger partial charge on any atom is 0.323 e. The van der Waals surface area contributed by atoms with Gasteiger partial charge in [0.1, 0.15) is 6.04 Å². The summed E-state index contributed by atoms with van der Waals surface area (Å²) in [6, 6.07) is -0.712. The Bertz CT molecular complexity index is 188. The monoisotopic (exact) mass is 219 g/mol. The fourth-order valence-corrected chi connectivity index (χ4v) is 0.941. The lowest BCUT2D eigenvalue weighted by atomic mass is 10.1. The second kappa shape index (κ2) is 6.76. The maximum atomic E-state index is 10.8. The van der Waals surface area contributed by atoms with E-state index in [1.54, 1.807) is 0 Å². The van der Waals surface area contributed by atoms with Gasteiger partial charge < -0.3 is 10.2 Å². The lowest BCUT2D eigenvalue weighted by molar-refractivity contribution is -0.150. The Kier molecular flexibility index (Phi) is 6.47. The molecule has 0 rings (SSSR count). The molecule has 0 heterocycles. The largest absolute Gasteiger partial charge is 0.480 e. The minimum absolute atomic E-state index is 0.0897. The van der Waals surface area contributed by atoms with Crippen molar-refractivity contribution in [3.63, 3.8) is 0 Å². The number of nitrogens with one attached hydrogen (secondary N) is 1. The van der Waals surface area contributed by atoms with Gasteiger partial charge in [-0.25, -0.2) is 0 Å². The van der Waals surface area contributed by atoms with E-state index in [-0.39, 0.29) is 6.61 Å². The van der Waals surface area contributed by atoms with Crippen LogP contribution in [0.1, 0.15) is 40.0 Å². The zero-order valence-corrected chi connectivity index (χ0v) is 9.62. The first-order chi connectivity index (χ1) is 6.87. The Labute approximate surface area is 90.4 Å². The van der Waals surface area contributed by atoms with Crippen molar-refractivity contribution in [3.8, 4) is 0 Å². The fourth-order valence-electron chi connectivity index (χ4n) is 0.941. The number of hydrogen-bond acceptors (Lipinski definition) is 4. The van der Waals surface area contributed by atoms with Crippen LogP contribution in [0, 0.1) is 0 Å². The van der Waals surface area contributed by atoms with E-state index >= 15 is 0 Å². The van der Waals surface area contributed by atoms with Crippen LogP contribution in [-0.4, -0.2) is 34.4 Å². The van der Waals surface area contributed by atoms with E-state index in [4.69, 9.17) is 15.1 Å². The number of aliphatic carboxylic acids is 1. The highest BCUT2D eigenvalue weighted by Crippen LogP contribution is 2.07. The molecule has 90 valence electrons. The molecule has 15 heavy (non-hydrogen) atoms. The van der Waals surface area contributed by atoms with Gasteiger partial charge in [0.25, 0.3) is 0 Å². The highest BCUT2D eigenvalue weighted by atomic mass is 16.7. The molecule has 1 atom stereocenters. The standard InChI is InChI=1S/C10H21NO4/c1-10(2,3)15-11-8(9(13)14)6-4-5-7-12/h8,11-12H,4-7H2,1-3H3,(H,13,14)/t8-/m0/s1. The Balaban J connectivity index is 3.89. The van der Waals surface area contributed by atoms with Crippen molar-refractivity contribution in [3.05, 3.63) is 0 Å². The van der Waals surface area contributed by atoms with Crippen molar-refractivity contribution in [1.29, 1.82) is 0 Å². The summed E-state index contributed by atoms with van der Waals surface area (Å²) in [6.07, 6.45) is 1.72. The van der Waals surface area contributed by atoms with Crippen molar-refractivity contribution >= 4 is 5.97 Å². The van der Waals surface area contributed by atoms with Crippen molar-refractivity contribution in [1.82, 2.24) is 5.48 Å². The smallest absolute Gasteiger partial charge is 0.323 e. The van der Waals surface area contributed by atoms with E-state index < -0.39 is 17.6 Å². The third-order valence-corrected chi connectivity index (χ3v) is 1.71. The van der Waals surface area contributed by atoms with Crippen LogP contribution in [0.25, 0.3) is 0 Å². The summed E-state index contributed by atoms with van der Waals surface area (Å²) in [4.78, 5) is 16.0.